The second-order valence-corrected chi connectivity index (χ2v) is 5.67. The molecule has 2 rings (SSSR count). The molecule has 1 aromatic carbocycles. The van der Waals surface area contributed by atoms with Gasteiger partial charge in [0.2, 0.25) is 0 Å². The van der Waals surface area contributed by atoms with E-state index in [1.165, 1.54) is 0 Å². The maximum atomic E-state index is 6.07. The van der Waals surface area contributed by atoms with Crippen molar-refractivity contribution in [2.24, 2.45) is 0 Å². The number of halogens is 2. The highest BCUT2D eigenvalue weighted by Gasteiger charge is 2.06. The average molecular weight is 332 g/mol. The Balaban J connectivity index is 2.21. The maximum Gasteiger partial charge on any atom is 0.123 e. The zero-order valence-corrected chi connectivity index (χ0v) is 12.5. The second-order valence-electron chi connectivity index (χ2n) is 3.55. The fraction of sp³-hybridized carbons (Fsp3) is 0.250. The number of hydrogen-bond donors (Lipinski definition) is 1. The molecule has 0 atom stereocenters. The van der Waals surface area contributed by atoms with Gasteiger partial charge in [-0.15, -0.1) is 11.3 Å². The van der Waals surface area contributed by atoms with Crippen molar-refractivity contribution in [1.29, 1.82) is 0 Å². The Morgan fingerprint density at radius 1 is 1.47 bits per heavy atom. The number of nitrogens with zero attached hydrogens (tertiary/aromatic N) is 1. The van der Waals surface area contributed by atoms with Crippen molar-refractivity contribution >= 4 is 38.9 Å². The molecule has 1 heterocycles. The van der Waals surface area contributed by atoms with Crippen molar-refractivity contribution in [3.63, 3.8) is 0 Å². The molecule has 2 nitrogen and oxygen atoms in total. The third kappa shape index (κ3) is 3.28. The minimum atomic E-state index is 0.714. The highest BCUT2D eigenvalue weighted by molar-refractivity contribution is 9.10. The molecular weight excluding hydrogens is 320 g/mol. The molecule has 1 N–H and O–H groups in total. The first-order valence-corrected chi connectivity index (χ1v) is 7.36. The Hall–Kier alpha value is -0.420. The summed E-state index contributed by atoms with van der Waals surface area (Å²) in [5.41, 5.74) is 2.14. The predicted molar refractivity (Wildman–Crippen MR) is 77.6 cm³/mol. The van der Waals surface area contributed by atoms with Gasteiger partial charge in [0.05, 0.1) is 10.7 Å². The molecule has 0 aliphatic heterocycles. The summed E-state index contributed by atoms with van der Waals surface area (Å²) < 4.78 is 0.910. The van der Waals surface area contributed by atoms with E-state index in [9.17, 15) is 0 Å². The number of aromatic nitrogens is 1. The minimum Gasteiger partial charge on any atom is -0.311 e. The van der Waals surface area contributed by atoms with E-state index in [-0.39, 0.29) is 0 Å². The monoisotopic (exact) mass is 330 g/mol. The Labute approximate surface area is 118 Å². The van der Waals surface area contributed by atoms with Crippen molar-refractivity contribution in [3.05, 3.63) is 38.8 Å². The Bertz CT molecular complexity index is 513. The van der Waals surface area contributed by atoms with E-state index in [2.05, 4.69) is 38.5 Å². The lowest BCUT2D eigenvalue weighted by atomic mass is 10.2. The fourth-order valence-electron chi connectivity index (χ4n) is 1.40. The first-order chi connectivity index (χ1) is 8.20. The molecule has 1 aromatic heterocycles. The first-order valence-electron chi connectivity index (χ1n) is 5.31. The molecule has 17 heavy (non-hydrogen) atoms. The third-order valence-corrected chi connectivity index (χ3v) is 4.45. The Kier molecular flexibility index (Phi) is 4.56. The van der Waals surface area contributed by atoms with Gasteiger partial charge in [-0.05, 0) is 34.6 Å². The second kappa shape index (κ2) is 5.96. The highest BCUT2D eigenvalue weighted by Crippen LogP contribution is 2.30. The van der Waals surface area contributed by atoms with Crippen LogP contribution in [0, 0.1) is 0 Å². The van der Waals surface area contributed by atoms with Crippen LogP contribution in [0.1, 0.15) is 12.6 Å². The summed E-state index contributed by atoms with van der Waals surface area (Å²) in [6.07, 6.45) is 0. The summed E-state index contributed by atoms with van der Waals surface area (Å²) in [5, 5.41) is 7.06. The predicted octanol–water partition coefficient (Wildman–Crippen LogP) is 4.34. The van der Waals surface area contributed by atoms with Crippen molar-refractivity contribution in [1.82, 2.24) is 10.3 Å². The van der Waals surface area contributed by atoms with Crippen LogP contribution in [0.25, 0.3) is 10.6 Å². The van der Waals surface area contributed by atoms with Gasteiger partial charge < -0.3 is 5.32 Å². The first kappa shape index (κ1) is 13.0. The zero-order chi connectivity index (χ0) is 12.3. The van der Waals surface area contributed by atoms with E-state index < -0.39 is 0 Å². The molecule has 0 saturated carbocycles. The topological polar surface area (TPSA) is 24.9 Å². The molecule has 90 valence electrons. The van der Waals surface area contributed by atoms with Crippen molar-refractivity contribution in [2.45, 2.75) is 13.5 Å². The van der Waals surface area contributed by atoms with Gasteiger partial charge in [-0.25, -0.2) is 4.98 Å². The van der Waals surface area contributed by atoms with E-state index in [1.54, 1.807) is 11.3 Å². The van der Waals surface area contributed by atoms with Gasteiger partial charge in [0.1, 0.15) is 5.01 Å². The summed E-state index contributed by atoms with van der Waals surface area (Å²) in [7, 11) is 0. The molecule has 0 aliphatic carbocycles. The quantitative estimate of drug-likeness (QED) is 0.901. The number of hydrogen-bond acceptors (Lipinski definition) is 3. The van der Waals surface area contributed by atoms with Gasteiger partial charge in [-0.1, -0.05) is 24.6 Å². The molecule has 0 bridgehead atoms. The maximum absolute atomic E-state index is 6.07. The van der Waals surface area contributed by atoms with Gasteiger partial charge in [-0.2, -0.15) is 0 Å². The van der Waals surface area contributed by atoms with Gasteiger partial charge in [0, 0.05) is 22.0 Å². The van der Waals surface area contributed by atoms with Crippen LogP contribution in [0.2, 0.25) is 5.02 Å². The van der Waals surface area contributed by atoms with E-state index >= 15 is 0 Å². The van der Waals surface area contributed by atoms with Crippen LogP contribution in [0.5, 0.6) is 0 Å². The number of nitrogens with one attached hydrogen (secondary N) is 1. The molecule has 0 amide bonds. The Morgan fingerprint density at radius 2 is 2.29 bits per heavy atom. The van der Waals surface area contributed by atoms with Crippen LogP contribution >= 0.6 is 38.9 Å². The summed E-state index contributed by atoms with van der Waals surface area (Å²) >= 11 is 11.1. The van der Waals surface area contributed by atoms with Gasteiger partial charge in [0.25, 0.3) is 0 Å². The summed E-state index contributed by atoms with van der Waals surface area (Å²) in [6.45, 7) is 3.86. The van der Waals surface area contributed by atoms with Gasteiger partial charge >= 0.3 is 0 Å². The summed E-state index contributed by atoms with van der Waals surface area (Å²) in [4.78, 5) is 4.57. The smallest absolute Gasteiger partial charge is 0.123 e. The Morgan fingerprint density at radius 3 is 3.00 bits per heavy atom. The molecule has 2 aromatic rings. The van der Waals surface area contributed by atoms with Crippen LogP contribution in [-0.2, 0) is 6.54 Å². The lowest BCUT2D eigenvalue weighted by Crippen LogP contribution is -2.11. The summed E-state index contributed by atoms with van der Waals surface area (Å²) in [6, 6.07) is 5.90. The normalized spacial score (nSPS) is 10.8. The lowest BCUT2D eigenvalue weighted by Gasteiger charge is -1.99. The van der Waals surface area contributed by atoms with Crippen molar-refractivity contribution in [3.8, 4) is 10.6 Å². The summed E-state index contributed by atoms with van der Waals surface area (Å²) in [5.74, 6) is 0. The van der Waals surface area contributed by atoms with E-state index in [0.717, 1.165) is 33.8 Å². The average Bonchev–Trinajstić information content (AvgIpc) is 2.79. The van der Waals surface area contributed by atoms with Crippen LogP contribution in [0.4, 0.5) is 0 Å². The number of thiazole rings is 1. The third-order valence-electron chi connectivity index (χ3n) is 2.27. The lowest BCUT2D eigenvalue weighted by molar-refractivity contribution is 0.715. The standard InChI is InChI=1S/C12H12BrClN2S/c1-2-15-6-9-7-17-12(16-9)8-3-4-10(13)11(14)5-8/h3-5,7,15H,2,6H2,1H3. The zero-order valence-electron chi connectivity index (χ0n) is 9.34. The molecule has 0 radical (unpaired) electrons. The molecular formula is C12H12BrClN2S. The molecule has 0 unspecified atom stereocenters. The van der Waals surface area contributed by atoms with Crippen LogP contribution in [0.15, 0.2) is 28.1 Å². The number of rotatable bonds is 4. The van der Waals surface area contributed by atoms with Gasteiger partial charge in [-0.3, -0.25) is 0 Å². The van der Waals surface area contributed by atoms with Gasteiger partial charge in [0.15, 0.2) is 0 Å². The molecule has 0 fully saturated rings. The van der Waals surface area contributed by atoms with Crippen LogP contribution in [-0.4, -0.2) is 11.5 Å². The molecule has 0 saturated heterocycles. The largest absolute Gasteiger partial charge is 0.311 e. The molecule has 0 spiro atoms. The van der Waals surface area contributed by atoms with E-state index in [1.807, 2.05) is 18.2 Å². The van der Waals surface area contributed by atoms with Crippen LogP contribution < -0.4 is 5.32 Å². The van der Waals surface area contributed by atoms with E-state index in [0.29, 0.717) is 5.02 Å². The van der Waals surface area contributed by atoms with Crippen molar-refractivity contribution in [2.75, 3.05) is 6.54 Å². The molecule has 0 aliphatic rings. The minimum absolute atomic E-state index is 0.714. The fourth-order valence-corrected chi connectivity index (χ4v) is 2.65. The SMILES string of the molecule is CCNCc1csc(-c2ccc(Br)c(Cl)c2)n1. The van der Waals surface area contributed by atoms with Crippen LogP contribution in [0.3, 0.4) is 0 Å². The highest BCUT2D eigenvalue weighted by atomic mass is 79.9. The molecule has 5 heteroatoms. The van der Waals surface area contributed by atoms with E-state index in [4.69, 9.17) is 11.6 Å². The number of benzene rings is 1. The van der Waals surface area contributed by atoms with Crippen molar-refractivity contribution < 1.29 is 0 Å².